The molecule has 0 N–H and O–H groups in total. The number of piperidine rings is 1. The van der Waals surface area contributed by atoms with Gasteiger partial charge in [-0.15, -0.1) is 0 Å². The number of benzene rings is 1. The van der Waals surface area contributed by atoms with Gasteiger partial charge in [-0.1, -0.05) is 36.4 Å². The van der Waals surface area contributed by atoms with Crippen LogP contribution in [0.3, 0.4) is 0 Å². The predicted octanol–water partition coefficient (Wildman–Crippen LogP) is 3.65. The van der Waals surface area contributed by atoms with Gasteiger partial charge in [-0.05, 0) is 37.5 Å². The van der Waals surface area contributed by atoms with Crippen molar-refractivity contribution in [3.8, 4) is 0 Å². The number of rotatable bonds is 4. The number of amides is 1. The van der Waals surface area contributed by atoms with E-state index >= 15 is 0 Å². The normalized spacial score (nSPS) is 17.1. The zero-order valence-corrected chi connectivity index (χ0v) is 15.6. The second-order valence-electron chi connectivity index (χ2n) is 7.15. The first kappa shape index (κ1) is 17.5. The first-order valence-electron chi connectivity index (χ1n) is 9.48. The Kier molecular flexibility index (Phi) is 5.01. The van der Waals surface area contributed by atoms with Crippen LogP contribution < -0.4 is 0 Å². The van der Waals surface area contributed by atoms with Crippen LogP contribution in [0.1, 0.15) is 46.3 Å². The lowest BCUT2D eigenvalue weighted by Crippen LogP contribution is -2.40. The first-order valence-corrected chi connectivity index (χ1v) is 9.48. The van der Waals surface area contributed by atoms with E-state index in [9.17, 15) is 4.79 Å². The average Bonchev–Trinajstić information content (AvgIpc) is 3.16. The molecule has 3 aromatic rings. The number of hydrogen-bond donors (Lipinski definition) is 0. The molecule has 1 aromatic carbocycles. The van der Waals surface area contributed by atoms with E-state index < -0.39 is 0 Å². The molecular formula is C22H24N4O. The van der Waals surface area contributed by atoms with Crippen molar-refractivity contribution in [2.75, 3.05) is 13.1 Å². The summed E-state index contributed by atoms with van der Waals surface area (Å²) in [4.78, 5) is 23.8. The van der Waals surface area contributed by atoms with Crippen LogP contribution in [0.5, 0.6) is 0 Å². The molecule has 1 aliphatic heterocycles. The molecule has 138 valence electrons. The van der Waals surface area contributed by atoms with Crippen molar-refractivity contribution < 1.29 is 4.79 Å². The standard InChI is InChI=1S/C22H24N4O/c1-17-7-5-11-20(24-17)22(27)26-13-6-10-19(16-26)21-23-12-14-25(21)15-18-8-3-2-4-9-18/h2-5,7-9,11-12,14,19H,6,10,13,15-16H2,1H3/t19-/m1/s1. The van der Waals surface area contributed by atoms with Gasteiger partial charge in [-0.2, -0.15) is 0 Å². The quantitative estimate of drug-likeness (QED) is 0.713. The van der Waals surface area contributed by atoms with E-state index in [-0.39, 0.29) is 11.8 Å². The molecule has 0 spiro atoms. The number of pyridine rings is 1. The zero-order chi connectivity index (χ0) is 18.6. The highest BCUT2D eigenvalue weighted by Crippen LogP contribution is 2.27. The molecule has 5 nitrogen and oxygen atoms in total. The molecule has 27 heavy (non-hydrogen) atoms. The van der Waals surface area contributed by atoms with Crippen molar-refractivity contribution in [1.82, 2.24) is 19.4 Å². The van der Waals surface area contributed by atoms with Crippen LogP contribution in [-0.4, -0.2) is 38.4 Å². The molecule has 1 atom stereocenters. The Morgan fingerprint density at radius 1 is 1.15 bits per heavy atom. The second-order valence-corrected chi connectivity index (χ2v) is 7.15. The van der Waals surface area contributed by atoms with Gasteiger partial charge in [0.05, 0.1) is 0 Å². The van der Waals surface area contributed by atoms with Gasteiger partial charge >= 0.3 is 0 Å². The van der Waals surface area contributed by atoms with Crippen LogP contribution in [0.4, 0.5) is 0 Å². The van der Waals surface area contributed by atoms with Gasteiger partial charge in [-0.25, -0.2) is 9.97 Å². The Balaban J connectivity index is 1.51. The van der Waals surface area contributed by atoms with Gasteiger partial charge in [0, 0.05) is 43.6 Å². The first-order chi connectivity index (χ1) is 13.2. The fourth-order valence-corrected chi connectivity index (χ4v) is 3.79. The van der Waals surface area contributed by atoms with Crippen molar-refractivity contribution in [3.63, 3.8) is 0 Å². The van der Waals surface area contributed by atoms with Gasteiger partial charge in [-0.3, -0.25) is 4.79 Å². The van der Waals surface area contributed by atoms with Crippen molar-refractivity contribution in [1.29, 1.82) is 0 Å². The summed E-state index contributed by atoms with van der Waals surface area (Å²) in [7, 11) is 0. The number of likely N-dealkylation sites (tertiary alicyclic amines) is 1. The molecule has 0 saturated carbocycles. The summed E-state index contributed by atoms with van der Waals surface area (Å²) in [6, 6.07) is 16.0. The molecule has 0 bridgehead atoms. The summed E-state index contributed by atoms with van der Waals surface area (Å²) >= 11 is 0. The van der Waals surface area contributed by atoms with Gasteiger partial charge in [0.2, 0.25) is 0 Å². The smallest absolute Gasteiger partial charge is 0.272 e. The number of imidazole rings is 1. The Hall–Kier alpha value is -2.95. The molecule has 3 heterocycles. The van der Waals surface area contributed by atoms with Crippen molar-refractivity contribution >= 4 is 5.91 Å². The summed E-state index contributed by atoms with van der Waals surface area (Å²) in [5.74, 6) is 1.34. The maximum absolute atomic E-state index is 12.9. The Morgan fingerprint density at radius 2 is 2.00 bits per heavy atom. The molecule has 1 fully saturated rings. The lowest BCUT2D eigenvalue weighted by Gasteiger charge is -2.32. The molecular weight excluding hydrogens is 336 g/mol. The highest BCUT2D eigenvalue weighted by molar-refractivity contribution is 5.92. The molecule has 1 aliphatic rings. The van der Waals surface area contributed by atoms with Crippen LogP contribution in [0.25, 0.3) is 0 Å². The van der Waals surface area contributed by atoms with Gasteiger partial charge in [0.1, 0.15) is 11.5 Å². The van der Waals surface area contributed by atoms with Crippen molar-refractivity contribution in [2.24, 2.45) is 0 Å². The van der Waals surface area contributed by atoms with E-state index in [0.29, 0.717) is 12.2 Å². The highest BCUT2D eigenvalue weighted by atomic mass is 16.2. The van der Waals surface area contributed by atoms with Crippen LogP contribution in [0.2, 0.25) is 0 Å². The van der Waals surface area contributed by atoms with E-state index in [1.807, 2.05) is 42.4 Å². The minimum atomic E-state index is 0.0181. The number of nitrogens with zero attached hydrogens (tertiary/aromatic N) is 4. The average molecular weight is 360 g/mol. The fraction of sp³-hybridized carbons (Fsp3) is 0.318. The summed E-state index contributed by atoms with van der Waals surface area (Å²) in [5, 5.41) is 0. The van der Waals surface area contributed by atoms with E-state index in [4.69, 9.17) is 0 Å². The molecule has 0 aliphatic carbocycles. The summed E-state index contributed by atoms with van der Waals surface area (Å²) in [5.41, 5.74) is 2.65. The maximum Gasteiger partial charge on any atom is 0.272 e. The van der Waals surface area contributed by atoms with Crippen LogP contribution in [-0.2, 0) is 6.54 Å². The Bertz CT molecular complexity index is 919. The molecule has 1 saturated heterocycles. The van der Waals surface area contributed by atoms with Crippen molar-refractivity contribution in [2.45, 2.75) is 32.2 Å². The minimum absolute atomic E-state index is 0.0181. The van der Waals surface area contributed by atoms with Gasteiger partial charge in [0.25, 0.3) is 5.91 Å². The van der Waals surface area contributed by atoms with Crippen LogP contribution >= 0.6 is 0 Å². The number of aromatic nitrogens is 3. The van der Waals surface area contributed by atoms with E-state index in [1.165, 1.54) is 5.56 Å². The zero-order valence-electron chi connectivity index (χ0n) is 15.6. The fourth-order valence-electron chi connectivity index (χ4n) is 3.79. The third-order valence-corrected chi connectivity index (χ3v) is 5.12. The monoisotopic (exact) mass is 360 g/mol. The summed E-state index contributed by atoms with van der Waals surface area (Å²) in [6.45, 7) is 4.20. The number of carbonyl (C=O) groups excluding carboxylic acids is 1. The Labute approximate surface area is 159 Å². The van der Waals surface area contributed by atoms with E-state index in [0.717, 1.165) is 37.4 Å². The van der Waals surface area contributed by atoms with Gasteiger partial charge in [0.15, 0.2) is 0 Å². The summed E-state index contributed by atoms with van der Waals surface area (Å²) < 4.78 is 2.21. The van der Waals surface area contributed by atoms with E-state index in [2.05, 4.69) is 38.8 Å². The number of aryl methyl sites for hydroxylation is 1. The van der Waals surface area contributed by atoms with Crippen LogP contribution in [0.15, 0.2) is 60.9 Å². The van der Waals surface area contributed by atoms with Gasteiger partial charge < -0.3 is 9.47 Å². The number of carbonyl (C=O) groups is 1. The largest absolute Gasteiger partial charge is 0.337 e. The third kappa shape index (κ3) is 3.92. The Morgan fingerprint density at radius 3 is 2.81 bits per heavy atom. The molecule has 0 radical (unpaired) electrons. The van der Waals surface area contributed by atoms with E-state index in [1.54, 1.807) is 6.07 Å². The third-order valence-electron chi connectivity index (χ3n) is 5.12. The molecule has 5 heteroatoms. The lowest BCUT2D eigenvalue weighted by molar-refractivity contribution is 0.0697. The molecule has 4 rings (SSSR count). The highest BCUT2D eigenvalue weighted by Gasteiger charge is 2.28. The topological polar surface area (TPSA) is 51.0 Å². The lowest BCUT2D eigenvalue weighted by atomic mass is 9.96. The second kappa shape index (κ2) is 7.74. The molecule has 1 amide bonds. The SMILES string of the molecule is Cc1cccc(C(=O)N2CCC[C@@H](c3nccn3Cc3ccccc3)C2)n1. The molecule has 0 unspecified atom stereocenters. The summed E-state index contributed by atoms with van der Waals surface area (Å²) in [6.07, 6.45) is 5.93. The maximum atomic E-state index is 12.9. The number of hydrogen-bond acceptors (Lipinski definition) is 3. The molecule has 2 aromatic heterocycles. The van der Waals surface area contributed by atoms with Crippen molar-refractivity contribution in [3.05, 3.63) is 83.7 Å². The minimum Gasteiger partial charge on any atom is -0.337 e. The predicted molar refractivity (Wildman–Crippen MR) is 105 cm³/mol. The van der Waals surface area contributed by atoms with Crippen LogP contribution in [0, 0.1) is 6.92 Å².